The summed E-state index contributed by atoms with van der Waals surface area (Å²) >= 11 is 9.01. The second-order valence-corrected chi connectivity index (χ2v) is 3.66. The molecule has 0 unspecified atom stereocenters. The van der Waals surface area contributed by atoms with E-state index in [0.29, 0.717) is 5.88 Å². The van der Waals surface area contributed by atoms with E-state index < -0.39 is 0 Å². The molecular weight excluding hydrogens is 239 g/mol. The summed E-state index contributed by atoms with van der Waals surface area (Å²) in [5, 5.41) is 0. The second kappa shape index (κ2) is 3.07. The molecule has 1 heterocycles. The molecule has 0 amide bonds. The van der Waals surface area contributed by atoms with Gasteiger partial charge in [0.05, 0.1) is 16.9 Å². The van der Waals surface area contributed by atoms with Gasteiger partial charge in [-0.15, -0.1) is 11.6 Å². The Balaban J connectivity index is 2.67. The number of aromatic amines is 1. The third kappa shape index (κ3) is 1.34. The summed E-state index contributed by atoms with van der Waals surface area (Å²) in [7, 11) is 0. The zero-order valence-electron chi connectivity index (χ0n) is 6.14. The number of nitrogens with one attached hydrogen (secondary N) is 1. The lowest BCUT2D eigenvalue weighted by molar-refractivity contribution is 1.13. The highest BCUT2D eigenvalue weighted by atomic mass is 79.9. The first-order chi connectivity index (χ1) is 5.79. The molecule has 0 saturated heterocycles. The number of imidazole rings is 1. The molecule has 0 fully saturated rings. The van der Waals surface area contributed by atoms with Crippen LogP contribution in [0.1, 0.15) is 5.82 Å². The summed E-state index contributed by atoms with van der Waals surface area (Å²) in [5.41, 5.74) is 1.97. The lowest BCUT2D eigenvalue weighted by Gasteiger charge is -1.87. The van der Waals surface area contributed by atoms with E-state index in [0.717, 1.165) is 21.3 Å². The van der Waals surface area contributed by atoms with E-state index in [2.05, 4.69) is 25.9 Å². The zero-order chi connectivity index (χ0) is 8.55. The highest BCUT2D eigenvalue weighted by molar-refractivity contribution is 9.10. The van der Waals surface area contributed by atoms with Crippen molar-refractivity contribution in [3.63, 3.8) is 0 Å². The summed E-state index contributed by atoms with van der Waals surface area (Å²) in [4.78, 5) is 7.38. The molecule has 62 valence electrons. The summed E-state index contributed by atoms with van der Waals surface area (Å²) < 4.78 is 1.03. The quantitative estimate of drug-likeness (QED) is 0.769. The average Bonchev–Trinajstić information content (AvgIpc) is 2.46. The van der Waals surface area contributed by atoms with Crippen LogP contribution in [0.5, 0.6) is 0 Å². The van der Waals surface area contributed by atoms with Crippen LogP contribution in [0.4, 0.5) is 0 Å². The fraction of sp³-hybridized carbons (Fsp3) is 0.125. The summed E-state index contributed by atoms with van der Waals surface area (Å²) in [6.07, 6.45) is 0. The Labute approximate surface area is 83.1 Å². The van der Waals surface area contributed by atoms with E-state index >= 15 is 0 Å². The Morgan fingerprint density at radius 2 is 2.33 bits per heavy atom. The molecule has 0 aliphatic heterocycles. The van der Waals surface area contributed by atoms with Crippen LogP contribution >= 0.6 is 27.5 Å². The molecule has 0 radical (unpaired) electrons. The molecule has 0 saturated carbocycles. The number of rotatable bonds is 1. The van der Waals surface area contributed by atoms with Crippen molar-refractivity contribution in [3.05, 3.63) is 28.5 Å². The van der Waals surface area contributed by atoms with E-state index in [1.165, 1.54) is 0 Å². The van der Waals surface area contributed by atoms with Gasteiger partial charge in [-0.25, -0.2) is 4.98 Å². The molecule has 2 nitrogen and oxygen atoms in total. The van der Waals surface area contributed by atoms with Gasteiger partial charge in [-0.1, -0.05) is 15.9 Å². The van der Waals surface area contributed by atoms with Crippen LogP contribution in [0.2, 0.25) is 0 Å². The van der Waals surface area contributed by atoms with Crippen LogP contribution in [0.25, 0.3) is 11.0 Å². The predicted octanol–water partition coefficient (Wildman–Crippen LogP) is 3.06. The maximum atomic E-state index is 5.63. The van der Waals surface area contributed by atoms with Gasteiger partial charge in [-0.3, -0.25) is 0 Å². The third-order valence-corrected chi connectivity index (χ3v) is 2.37. The predicted molar refractivity (Wildman–Crippen MR) is 53.4 cm³/mol. The molecule has 0 bridgehead atoms. The first-order valence-electron chi connectivity index (χ1n) is 3.50. The highest BCUT2D eigenvalue weighted by Gasteiger charge is 2.00. The van der Waals surface area contributed by atoms with Crippen molar-refractivity contribution in [2.75, 3.05) is 0 Å². The van der Waals surface area contributed by atoms with Crippen LogP contribution in [0, 0.1) is 0 Å². The number of hydrogen-bond acceptors (Lipinski definition) is 1. The summed E-state index contributed by atoms with van der Waals surface area (Å²) in [6.45, 7) is 0. The standard InChI is InChI=1S/C8H6BrClN2/c9-5-1-2-6-7(3-5)12-8(4-10)11-6/h1-3H,4H2,(H,11,12). The molecule has 4 heteroatoms. The smallest absolute Gasteiger partial charge is 0.122 e. The Morgan fingerprint density at radius 1 is 1.50 bits per heavy atom. The van der Waals surface area contributed by atoms with Gasteiger partial charge < -0.3 is 4.98 Å². The van der Waals surface area contributed by atoms with Gasteiger partial charge in [0, 0.05) is 4.47 Å². The number of halogens is 2. The second-order valence-electron chi connectivity index (χ2n) is 2.48. The minimum Gasteiger partial charge on any atom is -0.341 e. The van der Waals surface area contributed by atoms with Gasteiger partial charge in [0.2, 0.25) is 0 Å². The normalized spacial score (nSPS) is 10.8. The Kier molecular flexibility index (Phi) is 2.07. The molecule has 1 aromatic heterocycles. The van der Waals surface area contributed by atoms with Crippen molar-refractivity contribution < 1.29 is 0 Å². The van der Waals surface area contributed by atoms with Crippen LogP contribution in [0.3, 0.4) is 0 Å². The molecule has 1 N–H and O–H groups in total. The van der Waals surface area contributed by atoms with E-state index in [4.69, 9.17) is 11.6 Å². The van der Waals surface area contributed by atoms with Crippen LogP contribution in [-0.4, -0.2) is 9.97 Å². The molecule has 2 aromatic rings. The van der Waals surface area contributed by atoms with Crippen molar-refractivity contribution in [2.24, 2.45) is 0 Å². The maximum Gasteiger partial charge on any atom is 0.122 e. The number of alkyl halides is 1. The van der Waals surface area contributed by atoms with Gasteiger partial charge in [0.15, 0.2) is 0 Å². The zero-order valence-corrected chi connectivity index (χ0v) is 8.48. The Bertz CT molecular complexity index is 410. The lowest BCUT2D eigenvalue weighted by Crippen LogP contribution is -1.76. The van der Waals surface area contributed by atoms with Crippen molar-refractivity contribution in [1.29, 1.82) is 0 Å². The number of benzene rings is 1. The summed E-state index contributed by atoms with van der Waals surface area (Å²) in [5.74, 6) is 1.23. The SMILES string of the molecule is ClCc1nc2cc(Br)ccc2[nH]1. The largest absolute Gasteiger partial charge is 0.341 e. The Morgan fingerprint density at radius 3 is 3.08 bits per heavy atom. The van der Waals surface area contributed by atoms with Crippen LogP contribution in [0.15, 0.2) is 22.7 Å². The lowest BCUT2D eigenvalue weighted by atomic mass is 10.3. The highest BCUT2D eigenvalue weighted by Crippen LogP contribution is 2.17. The molecule has 2 rings (SSSR count). The third-order valence-electron chi connectivity index (χ3n) is 1.62. The van der Waals surface area contributed by atoms with Crippen molar-refractivity contribution in [2.45, 2.75) is 5.88 Å². The van der Waals surface area contributed by atoms with E-state index in [1.807, 2.05) is 18.2 Å². The van der Waals surface area contributed by atoms with Gasteiger partial charge >= 0.3 is 0 Å². The number of hydrogen-bond donors (Lipinski definition) is 1. The molecule has 0 atom stereocenters. The molecular formula is C8H6BrClN2. The maximum absolute atomic E-state index is 5.63. The topological polar surface area (TPSA) is 28.7 Å². The minimum atomic E-state index is 0.423. The van der Waals surface area contributed by atoms with Crippen LogP contribution in [-0.2, 0) is 5.88 Å². The van der Waals surface area contributed by atoms with Gasteiger partial charge in [0.25, 0.3) is 0 Å². The number of H-pyrrole nitrogens is 1. The fourth-order valence-electron chi connectivity index (χ4n) is 1.10. The molecule has 0 aliphatic carbocycles. The average molecular weight is 246 g/mol. The number of nitrogens with zero attached hydrogens (tertiary/aromatic N) is 1. The molecule has 0 aliphatic rings. The van der Waals surface area contributed by atoms with Crippen molar-refractivity contribution >= 4 is 38.6 Å². The van der Waals surface area contributed by atoms with Crippen LogP contribution < -0.4 is 0 Å². The monoisotopic (exact) mass is 244 g/mol. The van der Waals surface area contributed by atoms with E-state index in [1.54, 1.807) is 0 Å². The number of fused-ring (bicyclic) bond motifs is 1. The molecule has 12 heavy (non-hydrogen) atoms. The first-order valence-corrected chi connectivity index (χ1v) is 4.82. The van der Waals surface area contributed by atoms with Gasteiger partial charge in [-0.2, -0.15) is 0 Å². The van der Waals surface area contributed by atoms with Gasteiger partial charge in [0.1, 0.15) is 5.82 Å². The van der Waals surface area contributed by atoms with Crippen molar-refractivity contribution in [1.82, 2.24) is 9.97 Å². The van der Waals surface area contributed by atoms with E-state index in [-0.39, 0.29) is 0 Å². The molecule has 1 aromatic carbocycles. The summed E-state index contributed by atoms with van der Waals surface area (Å²) in [6, 6.07) is 5.91. The van der Waals surface area contributed by atoms with E-state index in [9.17, 15) is 0 Å². The first kappa shape index (κ1) is 8.08. The van der Waals surface area contributed by atoms with Crippen molar-refractivity contribution in [3.8, 4) is 0 Å². The fourth-order valence-corrected chi connectivity index (χ4v) is 1.57. The Hall–Kier alpha value is -0.540. The molecule has 0 spiro atoms. The van der Waals surface area contributed by atoms with Gasteiger partial charge in [-0.05, 0) is 18.2 Å². The number of aromatic nitrogens is 2. The minimum absolute atomic E-state index is 0.423.